The summed E-state index contributed by atoms with van der Waals surface area (Å²) >= 11 is 0. The largest absolute Gasteiger partial charge is 0.465 e. The Morgan fingerprint density at radius 3 is 2.25 bits per heavy atom. The number of aryl methyl sites for hydroxylation is 1. The Hall–Kier alpha value is -3.01. The van der Waals surface area contributed by atoms with Crippen molar-refractivity contribution < 1.29 is 19.1 Å². The van der Waals surface area contributed by atoms with Gasteiger partial charge in [0.15, 0.2) is 11.6 Å². The van der Waals surface area contributed by atoms with Gasteiger partial charge >= 0.3 is 5.97 Å². The lowest BCUT2D eigenvalue weighted by atomic mass is 9.87. The second kappa shape index (κ2) is 6.62. The predicted molar refractivity (Wildman–Crippen MR) is 89.3 cm³/mol. The zero-order valence-electron chi connectivity index (χ0n) is 13.2. The van der Waals surface area contributed by atoms with Gasteiger partial charge < -0.3 is 4.74 Å². The van der Waals surface area contributed by atoms with Crippen LogP contribution in [-0.4, -0.2) is 24.6 Å². The molecule has 0 aliphatic heterocycles. The number of benzene rings is 2. The quantitative estimate of drug-likeness (QED) is 0.810. The first-order valence-corrected chi connectivity index (χ1v) is 7.66. The van der Waals surface area contributed by atoms with E-state index in [0.717, 1.165) is 5.56 Å². The van der Waals surface area contributed by atoms with Gasteiger partial charge in [-0.3, -0.25) is 9.59 Å². The SMILES string of the molecule is COC(=O)c1ccc(CCC2=CC(=O)c3ccccc3C2=O)cc1. The van der Waals surface area contributed by atoms with Gasteiger partial charge in [-0.2, -0.15) is 0 Å². The van der Waals surface area contributed by atoms with E-state index in [1.54, 1.807) is 36.4 Å². The molecule has 0 saturated heterocycles. The molecule has 1 aliphatic carbocycles. The van der Waals surface area contributed by atoms with E-state index in [4.69, 9.17) is 0 Å². The molecule has 24 heavy (non-hydrogen) atoms. The minimum atomic E-state index is -0.381. The third kappa shape index (κ3) is 3.04. The number of fused-ring (bicyclic) bond motifs is 1. The molecule has 120 valence electrons. The van der Waals surface area contributed by atoms with Gasteiger partial charge in [0.2, 0.25) is 0 Å². The molecule has 1 aliphatic rings. The Kier molecular flexibility index (Phi) is 4.38. The molecule has 0 spiro atoms. The molecule has 0 fully saturated rings. The van der Waals surface area contributed by atoms with E-state index in [1.807, 2.05) is 12.1 Å². The smallest absolute Gasteiger partial charge is 0.337 e. The second-order valence-electron chi connectivity index (χ2n) is 5.60. The van der Waals surface area contributed by atoms with Crippen LogP contribution in [0.2, 0.25) is 0 Å². The Bertz CT molecular complexity index is 844. The van der Waals surface area contributed by atoms with Gasteiger partial charge in [0.05, 0.1) is 12.7 Å². The lowest BCUT2D eigenvalue weighted by Gasteiger charge is -2.14. The van der Waals surface area contributed by atoms with Crippen molar-refractivity contribution in [2.45, 2.75) is 12.8 Å². The molecule has 2 aromatic rings. The Morgan fingerprint density at radius 1 is 0.917 bits per heavy atom. The minimum Gasteiger partial charge on any atom is -0.465 e. The van der Waals surface area contributed by atoms with Crippen molar-refractivity contribution >= 4 is 17.5 Å². The molecule has 0 radical (unpaired) electrons. The van der Waals surface area contributed by atoms with Crippen LogP contribution in [0, 0.1) is 0 Å². The predicted octanol–water partition coefficient (Wildman–Crippen LogP) is 3.41. The monoisotopic (exact) mass is 320 g/mol. The maximum Gasteiger partial charge on any atom is 0.337 e. The molecule has 0 unspecified atom stereocenters. The number of esters is 1. The van der Waals surface area contributed by atoms with Crippen LogP contribution in [0.25, 0.3) is 0 Å². The molecular formula is C20H16O4. The molecule has 0 amide bonds. The summed E-state index contributed by atoms with van der Waals surface area (Å²) in [7, 11) is 1.34. The van der Waals surface area contributed by atoms with Crippen LogP contribution < -0.4 is 0 Å². The van der Waals surface area contributed by atoms with Crippen molar-refractivity contribution in [2.24, 2.45) is 0 Å². The van der Waals surface area contributed by atoms with Crippen molar-refractivity contribution in [3.8, 4) is 0 Å². The third-order valence-corrected chi connectivity index (χ3v) is 4.09. The van der Waals surface area contributed by atoms with Crippen molar-refractivity contribution in [1.82, 2.24) is 0 Å². The van der Waals surface area contributed by atoms with Crippen LogP contribution in [0.5, 0.6) is 0 Å². The van der Waals surface area contributed by atoms with Gasteiger partial charge in [0.25, 0.3) is 0 Å². The highest BCUT2D eigenvalue weighted by Crippen LogP contribution is 2.24. The lowest BCUT2D eigenvalue weighted by molar-refractivity contribution is 0.0600. The molecule has 3 rings (SSSR count). The summed E-state index contributed by atoms with van der Waals surface area (Å²) in [6, 6.07) is 13.9. The van der Waals surface area contributed by atoms with Crippen molar-refractivity contribution in [3.63, 3.8) is 0 Å². The van der Waals surface area contributed by atoms with Crippen LogP contribution in [0.3, 0.4) is 0 Å². The molecule has 0 atom stereocenters. The van der Waals surface area contributed by atoms with E-state index >= 15 is 0 Å². The number of ether oxygens (including phenoxy) is 1. The van der Waals surface area contributed by atoms with Crippen LogP contribution in [0.1, 0.15) is 43.1 Å². The van der Waals surface area contributed by atoms with Gasteiger partial charge in [-0.05, 0) is 36.6 Å². The summed E-state index contributed by atoms with van der Waals surface area (Å²) in [4.78, 5) is 36.0. The first-order valence-electron chi connectivity index (χ1n) is 7.66. The number of methoxy groups -OCH3 is 1. The van der Waals surface area contributed by atoms with Gasteiger partial charge in [-0.1, -0.05) is 36.4 Å². The molecule has 0 aromatic heterocycles. The van der Waals surface area contributed by atoms with Gasteiger partial charge in [0.1, 0.15) is 0 Å². The molecule has 0 bridgehead atoms. The highest BCUT2D eigenvalue weighted by Gasteiger charge is 2.24. The van der Waals surface area contributed by atoms with Crippen molar-refractivity contribution in [1.29, 1.82) is 0 Å². The van der Waals surface area contributed by atoms with E-state index in [9.17, 15) is 14.4 Å². The molecule has 0 N–H and O–H groups in total. The summed E-state index contributed by atoms with van der Waals surface area (Å²) in [6.45, 7) is 0. The summed E-state index contributed by atoms with van der Waals surface area (Å²) < 4.78 is 4.66. The van der Waals surface area contributed by atoms with Gasteiger partial charge in [-0.25, -0.2) is 4.79 Å². The Labute approximate surface area is 139 Å². The van der Waals surface area contributed by atoms with Gasteiger partial charge in [0, 0.05) is 16.7 Å². The highest BCUT2D eigenvalue weighted by molar-refractivity contribution is 6.24. The van der Waals surface area contributed by atoms with E-state index in [1.165, 1.54) is 13.2 Å². The highest BCUT2D eigenvalue weighted by atomic mass is 16.5. The number of allylic oxidation sites excluding steroid dienone is 2. The summed E-state index contributed by atoms with van der Waals surface area (Å²) in [5, 5.41) is 0. The lowest BCUT2D eigenvalue weighted by Crippen LogP contribution is -2.17. The molecule has 2 aromatic carbocycles. The number of hydrogen-bond donors (Lipinski definition) is 0. The maximum absolute atomic E-state index is 12.5. The Balaban J connectivity index is 1.72. The van der Waals surface area contributed by atoms with Crippen molar-refractivity contribution in [2.75, 3.05) is 7.11 Å². The molecule has 0 saturated carbocycles. The maximum atomic E-state index is 12.5. The fraction of sp³-hybridized carbons (Fsp3) is 0.150. The molecular weight excluding hydrogens is 304 g/mol. The molecule has 0 heterocycles. The van der Waals surface area contributed by atoms with Crippen LogP contribution in [-0.2, 0) is 11.2 Å². The number of carbonyl (C=O) groups excluding carboxylic acids is 3. The van der Waals surface area contributed by atoms with E-state index < -0.39 is 0 Å². The van der Waals surface area contributed by atoms with Crippen molar-refractivity contribution in [3.05, 3.63) is 82.4 Å². The number of rotatable bonds is 4. The number of ketones is 2. The molecule has 4 heteroatoms. The fourth-order valence-electron chi connectivity index (χ4n) is 2.76. The van der Waals surface area contributed by atoms with Crippen LogP contribution in [0.4, 0.5) is 0 Å². The fourth-order valence-corrected chi connectivity index (χ4v) is 2.76. The van der Waals surface area contributed by atoms with E-state index in [-0.39, 0.29) is 17.5 Å². The topological polar surface area (TPSA) is 60.4 Å². The summed E-state index contributed by atoms with van der Waals surface area (Å²) in [5.41, 5.74) is 2.94. The zero-order valence-corrected chi connectivity index (χ0v) is 13.2. The van der Waals surface area contributed by atoms with Crippen LogP contribution in [0.15, 0.2) is 60.2 Å². The first-order chi connectivity index (χ1) is 11.6. The number of carbonyl (C=O) groups is 3. The van der Waals surface area contributed by atoms with E-state index in [2.05, 4.69) is 4.74 Å². The average Bonchev–Trinajstić information content (AvgIpc) is 2.63. The summed E-state index contributed by atoms with van der Waals surface area (Å²) in [5.74, 6) is -0.591. The standard InChI is InChI=1S/C20H16O4/c1-24-20(23)14-9-6-13(7-10-14)8-11-15-12-18(21)16-4-2-3-5-17(16)19(15)22/h2-7,9-10,12H,8,11H2,1H3. The minimum absolute atomic E-state index is 0.0867. The van der Waals surface area contributed by atoms with E-state index in [0.29, 0.717) is 35.1 Å². The second-order valence-corrected chi connectivity index (χ2v) is 5.60. The van der Waals surface area contributed by atoms with Gasteiger partial charge in [-0.15, -0.1) is 0 Å². The average molecular weight is 320 g/mol. The third-order valence-electron chi connectivity index (χ3n) is 4.09. The molecule has 4 nitrogen and oxygen atoms in total. The van der Waals surface area contributed by atoms with Crippen LogP contribution >= 0.6 is 0 Å². The first kappa shape index (κ1) is 15.9. The zero-order chi connectivity index (χ0) is 17.1. The number of Topliss-reactive ketones (excluding diaryl/α,β-unsaturated/α-hetero) is 1. The Morgan fingerprint density at radius 2 is 1.58 bits per heavy atom. The number of hydrogen-bond acceptors (Lipinski definition) is 4. The summed E-state index contributed by atoms with van der Waals surface area (Å²) in [6.07, 6.45) is 2.54. The normalized spacial score (nSPS) is 13.3.